The maximum absolute atomic E-state index is 12.2. The highest BCUT2D eigenvalue weighted by Gasteiger charge is 2.13. The van der Waals surface area contributed by atoms with Gasteiger partial charge in [0, 0.05) is 11.8 Å². The SMILES string of the molecule is O=C(C1=CCCCCC1)c1ccnc(Cl)c1. The quantitative estimate of drug-likeness (QED) is 0.576. The molecule has 0 radical (unpaired) electrons. The summed E-state index contributed by atoms with van der Waals surface area (Å²) < 4.78 is 0. The molecule has 1 aliphatic carbocycles. The number of aromatic nitrogens is 1. The van der Waals surface area contributed by atoms with Gasteiger partial charge < -0.3 is 0 Å². The molecule has 0 spiro atoms. The highest BCUT2D eigenvalue weighted by atomic mass is 35.5. The second kappa shape index (κ2) is 5.26. The van der Waals surface area contributed by atoms with Gasteiger partial charge in [0.2, 0.25) is 0 Å². The third-order valence-electron chi connectivity index (χ3n) is 2.82. The van der Waals surface area contributed by atoms with Crippen molar-refractivity contribution in [3.8, 4) is 0 Å². The summed E-state index contributed by atoms with van der Waals surface area (Å²) >= 11 is 5.78. The summed E-state index contributed by atoms with van der Waals surface area (Å²) in [4.78, 5) is 16.0. The number of carbonyl (C=O) groups excluding carboxylic acids is 1. The molecule has 0 aromatic carbocycles. The van der Waals surface area contributed by atoms with E-state index in [0.29, 0.717) is 10.7 Å². The fraction of sp³-hybridized carbons (Fsp3) is 0.385. The van der Waals surface area contributed by atoms with Crippen LogP contribution in [-0.4, -0.2) is 10.8 Å². The lowest BCUT2D eigenvalue weighted by molar-refractivity contribution is 0.103. The zero-order valence-electron chi connectivity index (χ0n) is 9.08. The minimum absolute atomic E-state index is 0.103. The number of hydrogen-bond donors (Lipinski definition) is 0. The Morgan fingerprint density at radius 1 is 1.31 bits per heavy atom. The Bertz CT molecular complexity index is 426. The third-order valence-corrected chi connectivity index (χ3v) is 3.03. The Labute approximate surface area is 100 Å². The van der Waals surface area contributed by atoms with Crippen LogP contribution in [0, 0.1) is 0 Å². The standard InChI is InChI=1S/C13H14ClNO/c14-12-9-11(7-8-15-12)13(16)10-5-3-1-2-4-6-10/h5,7-9H,1-4,6H2. The number of ketones is 1. The van der Waals surface area contributed by atoms with Crippen LogP contribution in [0.1, 0.15) is 42.5 Å². The Morgan fingerprint density at radius 3 is 3.00 bits per heavy atom. The zero-order valence-corrected chi connectivity index (χ0v) is 9.83. The van der Waals surface area contributed by atoms with Gasteiger partial charge in [-0.25, -0.2) is 4.98 Å². The maximum Gasteiger partial charge on any atom is 0.188 e. The lowest BCUT2D eigenvalue weighted by Gasteiger charge is -2.04. The van der Waals surface area contributed by atoms with Crippen molar-refractivity contribution in [2.75, 3.05) is 0 Å². The molecule has 2 rings (SSSR count). The van der Waals surface area contributed by atoms with Crippen LogP contribution in [0.15, 0.2) is 30.0 Å². The smallest absolute Gasteiger partial charge is 0.188 e. The van der Waals surface area contributed by atoms with Crippen LogP contribution in [-0.2, 0) is 0 Å². The molecule has 0 fully saturated rings. The Kier molecular flexibility index (Phi) is 3.73. The van der Waals surface area contributed by atoms with Gasteiger partial charge in [0.05, 0.1) is 0 Å². The molecule has 1 aromatic heterocycles. The number of hydrogen-bond acceptors (Lipinski definition) is 2. The Morgan fingerprint density at radius 2 is 2.19 bits per heavy atom. The average Bonchev–Trinajstić information content (AvgIpc) is 2.56. The lowest BCUT2D eigenvalue weighted by atomic mass is 10.0. The van der Waals surface area contributed by atoms with Crippen LogP contribution in [0.2, 0.25) is 5.15 Å². The first-order valence-electron chi connectivity index (χ1n) is 5.62. The molecule has 0 N–H and O–H groups in total. The first-order valence-corrected chi connectivity index (χ1v) is 6.00. The van der Waals surface area contributed by atoms with E-state index in [-0.39, 0.29) is 5.78 Å². The highest BCUT2D eigenvalue weighted by molar-refractivity contribution is 6.29. The van der Waals surface area contributed by atoms with E-state index in [9.17, 15) is 4.79 Å². The molecular weight excluding hydrogens is 222 g/mol. The summed E-state index contributed by atoms with van der Waals surface area (Å²) in [5.74, 6) is 0.103. The maximum atomic E-state index is 12.2. The van der Waals surface area contributed by atoms with Gasteiger partial charge in [-0.05, 0) is 43.4 Å². The third kappa shape index (κ3) is 2.70. The van der Waals surface area contributed by atoms with Gasteiger partial charge in [0.1, 0.15) is 5.15 Å². The van der Waals surface area contributed by atoms with Crippen molar-refractivity contribution in [3.63, 3.8) is 0 Å². The molecular formula is C13H14ClNO. The van der Waals surface area contributed by atoms with Crippen LogP contribution in [0.4, 0.5) is 0 Å². The summed E-state index contributed by atoms with van der Waals surface area (Å²) in [5.41, 5.74) is 1.58. The van der Waals surface area contributed by atoms with Crippen molar-refractivity contribution in [3.05, 3.63) is 40.7 Å². The monoisotopic (exact) mass is 235 g/mol. The highest BCUT2D eigenvalue weighted by Crippen LogP contribution is 2.21. The molecule has 0 saturated heterocycles. The van der Waals surface area contributed by atoms with E-state index in [2.05, 4.69) is 11.1 Å². The molecule has 16 heavy (non-hydrogen) atoms. The molecule has 1 heterocycles. The van der Waals surface area contributed by atoms with Crippen molar-refractivity contribution in [2.24, 2.45) is 0 Å². The van der Waals surface area contributed by atoms with E-state index in [0.717, 1.165) is 24.8 Å². The minimum Gasteiger partial charge on any atom is -0.289 e. The average molecular weight is 236 g/mol. The van der Waals surface area contributed by atoms with Crippen LogP contribution in [0.25, 0.3) is 0 Å². The topological polar surface area (TPSA) is 30.0 Å². The van der Waals surface area contributed by atoms with Gasteiger partial charge >= 0.3 is 0 Å². The summed E-state index contributed by atoms with van der Waals surface area (Å²) in [5, 5.41) is 0.375. The molecule has 0 saturated carbocycles. The normalized spacial score (nSPS) is 16.4. The second-order valence-electron chi connectivity index (χ2n) is 4.03. The molecule has 3 heteroatoms. The summed E-state index contributed by atoms with van der Waals surface area (Å²) in [6, 6.07) is 3.36. The van der Waals surface area contributed by atoms with E-state index in [1.54, 1.807) is 18.3 Å². The van der Waals surface area contributed by atoms with E-state index in [1.165, 1.54) is 12.8 Å². The van der Waals surface area contributed by atoms with Gasteiger partial charge in [-0.2, -0.15) is 0 Å². The number of allylic oxidation sites excluding steroid dienone is 2. The van der Waals surface area contributed by atoms with E-state index >= 15 is 0 Å². The number of nitrogens with zero attached hydrogens (tertiary/aromatic N) is 1. The molecule has 1 aromatic rings. The van der Waals surface area contributed by atoms with Gasteiger partial charge in [0.25, 0.3) is 0 Å². The summed E-state index contributed by atoms with van der Waals surface area (Å²) in [6.45, 7) is 0. The van der Waals surface area contributed by atoms with Crippen molar-refractivity contribution in [2.45, 2.75) is 32.1 Å². The van der Waals surface area contributed by atoms with Crippen LogP contribution < -0.4 is 0 Å². The fourth-order valence-corrected chi connectivity index (χ4v) is 2.12. The minimum atomic E-state index is 0.103. The number of rotatable bonds is 2. The summed E-state index contributed by atoms with van der Waals surface area (Å²) in [7, 11) is 0. The molecule has 0 unspecified atom stereocenters. The molecule has 0 aliphatic heterocycles. The van der Waals surface area contributed by atoms with E-state index in [1.807, 2.05) is 0 Å². The van der Waals surface area contributed by atoms with Gasteiger partial charge in [-0.15, -0.1) is 0 Å². The van der Waals surface area contributed by atoms with Crippen LogP contribution in [0.5, 0.6) is 0 Å². The first kappa shape index (κ1) is 11.3. The summed E-state index contributed by atoms with van der Waals surface area (Å²) in [6.07, 6.45) is 9.06. The Hall–Kier alpha value is -1.15. The molecule has 2 nitrogen and oxygen atoms in total. The predicted molar refractivity (Wildman–Crippen MR) is 64.7 cm³/mol. The number of carbonyl (C=O) groups is 1. The van der Waals surface area contributed by atoms with Gasteiger partial charge in [-0.3, -0.25) is 4.79 Å². The van der Waals surface area contributed by atoms with Crippen molar-refractivity contribution >= 4 is 17.4 Å². The second-order valence-corrected chi connectivity index (χ2v) is 4.41. The van der Waals surface area contributed by atoms with Crippen molar-refractivity contribution < 1.29 is 4.79 Å². The number of halogens is 1. The molecule has 0 amide bonds. The fourth-order valence-electron chi connectivity index (χ4n) is 1.95. The van der Waals surface area contributed by atoms with Crippen LogP contribution >= 0.6 is 11.6 Å². The largest absolute Gasteiger partial charge is 0.289 e. The van der Waals surface area contributed by atoms with Crippen LogP contribution in [0.3, 0.4) is 0 Å². The Balaban J connectivity index is 2.21. The number of Topliss-reactive ketones (excluding diaryl/α,β-unsaturated/α-hetero) is 1. The van der Waals surface area contributed by atoms with Gasteiger partial charge in [0.15, 0.2) is 5.78 Å². The van der Waals surface area contributed by atoms with Gasteiger partial charge in [-0.1, -0.05) is 24.1 Å². The molecule has 0 bridgehead atoms. The lowest BCUT2D eigenvalue weighted by Crippen LogP contribution is -2.03. The zero-order chi connectivity index (χ0) is 11.4. The predicted octanol–water partition coefficient (Wildman–Crippen LogP) is 3.81. The molecule has 1 aliphatic rings. The first-order chi connectivity index (χ1) is 7.77. The van der Waals surface area contributed by atoms with Crippen molar-refractivity contribution in [1.82, 2.24) is 4.98 Å². The van der Waals surface area contributed by atoms with Crippen molar-refractivity contribution in [1.29, 1.82) is 0 Å². The molecule has 84 valence electrons. The number of pyridine rings is 1. The van der Waals surface area contributed by atoms with E-state index < -0.39 is 0 Å². The van der Waals surface area contributed by atoms with E-state index in [4.69, 9.17) is 11.6 Å². The molecule has 0 atom stereocenters.